The SMILES string of the molecule is O=C1CCC(N2C(=O)c3cccc(NCCCCN4CCN(CCCCC5CCCC5)CC4)c3C2=O)C(=O)N1. The fourth-order valence-corrected chi connectivity index (χ4v) is 6.65. The molecule has 212 valence electrons. The van der Waals surface area contributed by atoms with E-state index in [0.717, 1.165) is 56.4 Å². The van der Waals surface area contributed by atoms with Gasteiger partial charge in [0.1, 0.15) is 6.04 Å². The number of piperidine rings is 1. The first-order chi connectivity index (χ1) is 19.0. The molecule has 4 amide bonds. The molecular formula is C30H43N5O4. The van der Waals surface area contributed by atoms with Gasteiger partial charge in [-0.15, -0.1) is 0 Å². The third-order valence-electron chi connectivity index (χ3n) is 8.96. The van der Waals surface area contributed by atoms with Gasteiger partial charge in [0, 0.05) is 44.8 Å². The van der Waals surface area contributed by atoms with Crippen molar-refractivity contribution >= 4 is 29.3 Å². The Morgan fingerprint density at radius 3 is 2.21 bits per heavy atom. The number of nitrogens with one attached hydrogen (secondary N) is 2. The molecule has 0 bridgehead atoms. The normalized spacial score (nSPS) is 23.0. The largest absolute Gasteiger partial charge is 0.384 e. The predicted octanol–water partition coefficient (Wildman–Crippen LogP) is 3.26. The number of carbonyl (C=O) groups is 4. The molecule has 5 rings (SSSR count). The van der Waals surface area contributed by atoms with E-state index in [-0.39, 0.29) is 18.7 Å². The first-order valence-corrected chi connectivity index (χ1v) is 15.0. The summed E-state index contributed by atoms with van der Waals surface area (Å²) in [5, 5.41) is 5.59. The van der Waals surface area contributed by atoms with Crippen molar-refractivity contribution in [2.75, 3.05) is 51.1 Å². The molecule has 3 fully saturated rings. The topological polar surface area (TPSA) is 102 Å². The first-order valence-electron chi connectivity index (χ1n) is 15.0. The average molecular weight is 538 g/mol. The zero-order valence-electron chi connectivity index (χ0n) is 23.1. The molecule has 0 spiro atoms. The maximum atomic E-state index is 13.2. The van der Waals surface area contributed by atoms with Crippen molar-refractivity contribution in [2.24, 2.45) is 5.92 Å². The zero-order valence-corrected chi connectivity index (χ0v) is 23.1. The number of imide groups is 2. The van der Waals surface area contributed by atoms with Gasteiger partial charge in [0.25, 0.3) is 11.8 Å². The van der Waals surface area contributed by atoms with Crippen LogP contribution in [0.1, 0.15) is 91.3 Å². The number of anilines is 1. The third-order valence-corrected chi connectivity index (χ3v) is 8.96. The Hall–Kier alpha value is -2.78. The lowest BCUT2D eigenvalue weighted by Crippen LogP contribution is -2.54. The lowest BCUT2D eigenvalue weighted by atomic mass is 10.0. The van der Waals surface area contributed by atoms with Crippen LogP contribution < -0.4 is 10.6 Å². The van der Waals surface area contributed by atoms with E-state index < -0.39 is 23.8 Å². The summed E-state index contributed by atoms with van der Waals surface area (Å²) in [5.41, 5.74) is 1.26. The van der Waals surface area contributed by atoms with Crippen LogP contribution in [0.4, 0.5) is 5.69 Å². The predicted molar refractivity (Wildman–Crippen MR) is 150 cm³/mol. The van der Waals surface area contributed by atoms with E-state index in [1.165, 1.54) is 51.5 Å². The number of fused-ring (bicyclic) bond motifs is 1. The van der Waals surface area contributed by atoms with Crippen LogP contribution in [0, 0.1) is 5.92 Å². The van der Waals surface area contributed by atoms with E-state index in [9.17, 15) is 19.2 Å². The smallest absolute Gasteiger partial charge is 0.264 e. The van der Waals surface area contributed by atoms with Crippen molar-refractivity contribution in [1.82, 2.24) is 20.0 Å². The highest BCUT2D eigenvalue weighted by atomic mass is 16.2. The summed E-state index contributed by atoms with van der Waals surface area (Å²) >= 11 is 0. The van der Waals surface area contributed by atoms with Crippen LogP contribution in [0.5, 0.6) is 0 Å². The second-order valence-corrected chi connectivity index (χ2v) is 11.6. The number of hydrogen-bond acceptors (Lipinski definition) is 7. The van der Waals surface area contributed by atoms with Gasteiger partial charge >= 0.3 is 0 Å². The van der Waals surface area contributed by atoms with Gasteiger partial charge in [-0.2, -0.15) is 0 Å². The fraction of sp³-hybridized carbons (Fsp3) is 0.667. The van der Waals surface area contributed by atoms with Crippen LogP contribution in [0.15, 0.2) is 18.2 Å². The highest BCUT2D eigenvalue weighted by Crippen LogP contribution is 2.32. The molecule has 39 heavy (non-hydrogen) atoms. The molecule has 9 nitrogen and oxygen atoms in total. The molecule has 1 unspecified atom stereocenters. The molecule has 9 heteroatoms. The molecule has 1 aromatic rings. The highest BCUT2D eigenvalue weighted by molar-refractivity contribution is 6.25. The van der Waals surface area contributed by atoms with E-state index in [0.29, 0.717) is 23.4 Å². The van der Waals surface area contributed by atoms with Gasteiger partial charge in [-0.1, -0.05) is 44.6 Å². The van der Waals surface area contributed by atoms with Gasteiger partial charge in [-0.3, -0.25) is 29.4 Å². The molecule has 1 atom stereocenters. The molecule has 1 aliphatic carbocycles. The minimum atomic E-state index is -0.944. The van der Waals surface area contributed by atoms with Crippen LogP contribution in [-0.4, -0.2) is 90.2 Å². The minimum Gasteiger partial charge on any atom is -0.384 e. The number of unbranched alkanes of at least 4 members (excludes halogenated alkanes) is 2. The maximum Gasteiger partial charge on any atom is 0.264 e. The van der Waals surface area contributed by atoms with Crippen molar-refractivity contribution in [2.45, 2.75) is 76.7 Å². The molecule has 4 aliphatic rings. The minimum absolute atomic E-state index is 0.115. The number of carbonyl (C=O) groups excluding carboxylic acids is 4. The second kappa shape index (κ2) is 13.0. The molecule has 1 aromatic carbocycles. The summed E-state index contributed by atoms with van der Waals surface area (Å²) < 4.78 is 0. The summed E-state index contributed by atoms with van der Waals surface area (Å²) in [4.78, 5) is 56.2. The van der Waals surface area contributed by atoms with Gasteiger partial charge in [-0.25, -0.2) is 0 Å². The van der Waals surface area contributed by atoms with E-state index >= 15 is 0 Å². The van der Waals surface area contributed by atoms with Crippen molar-refractivity contribution in [3.8, 4) is 0 Å². The monoisotopic (exact) mass is 537 g/mol. The Kier molecular flexibility index (Phi) is 9.29. The van der Waals surface area contributed by atoms with Crippen LogP contribution >= 0.6 is 0 Å². The molecule has 2 N–H and O–H groups in total. The fourth-order valence-electron chi connectivity index (χ4n) is 6.65. The Balaban J connectivity index is 1.01. The number of benzene rings is 1. The summed E-state index contributed by atoms with van der Waals surface area (Å²) in [6, 6.07) is 4.25. The van der Waals surface area contributed by atoms with E-state index in [1.807, 2.05) is 6.07 Å². The van der Waals surface area contributed by atoms with E-state index in [1.54, 1.807) is 12.1 Å². The summed E-state index contributed by atoms with van der Waals surface area (Å²) in [7, 11) is 0. The Labute approximate surface area is 231 Å². The number of nitrogens with zero attached hydrogens (tertiary/aromatic N) is 3. The molecule has 0 aromatic heterocycles. The molecule has 1 saturated carbocycles. The van der Waals surface area contributed by atoms with E-state index in [4.69, 9.17) is 0 Å². The van der Waals surface area contributed by atoms with Crippen LogP contribution in [-0.2, 0) is 9.59 Å². The summed E-state index contributed by atoms with van der Waals surface area (Å²) in [5.74, 6) is -0.892. The molecular weight excluding hydrogens is 494 g/mol. The summed E-state index contributed by atoms with van der Waals surface area (Å²) in [6.07, 6.45) is 12.3. The van der Waals surface area contributed by atoms with Crippen molar-refractivity contribution in [1.29, 1.82) is 0 Å². The molecule has 0 radical (unpaired) electrons. The van der Waals surface area contributed by atoms with E-state index in [2.05, 4.69) is 20.4 Å². The third kappa shape index (κ3) is 6.69. The molecule has 2 saturated heterocycles. The van der Waals surface area contributed by atoms with Crippen LogP contribution in [0.3, 0.4) is 0 Å². The van der Waals surface area contributed by atoms with Gasteiger partial charge < -0.3 is 15.1 Å². The molecule has 3 aliphatic heterocycles. The van der Waals surface area contributed by atoms with Crippen molar-refractivity contribution in [3.63, 3.8) is 0 Å². The van der Waals surface area contributed by atoms with Gasteiger partial charge in [0.2, 0.25) is 11.8 Å². The standard InChI is InChI=1S/C30H43N5O4/c36-26-14-13-25(28(37)32-26)35-29(38)23-11-7-12-24(27(23)30(35)39)31-15-4-6-17-34-20-18-33(19-21-34)16-5-3-10-22-8-1-2-9-22/h7,11-12,22,25,31H,1-6,8-10,13-21H2,(H,32,36,37). The Morgan fingerprint density at radius 1 is 0.821 bits per heavy atom. The van der Waals surface area contributed by atoms with Crippen molar-refractivity contribution < 1.29 is 19.2 Å². The first kappa shape index (κ1) is 27.8. The van der Waals surface area contributed by atoms with Crippen LogP contribution in [0.25, 0.3) is 0 Å². The number of piperazine rings is 1. The van der Waals surface area contributed by atoms with Gasteiger partial charge in [0.15, 0.2) is 0 Å². The number of amides is 4. The zero-order chi connectivity index (χ0) is 27.2. The Bertz CT molecular complexity index is 1060. The lowest BCUT2D eigenvalue weighted by Gasteiger charge is -2.34. The quantitative estimate of drug-likeness (QED) is 0.312. The average Bonchev–Trinajstić information content (AvgIpc) is 3.54. The second-order valence-electron chi connectivity index (χ2n) is 11.6. The maximum absolute atomic E-state index is 13.2. The van der Waals surface area contributed by atoms with Gasteiger partial charge in [0.05, 0.1) is 11.1 Å². The number of hydrogen-bond donors (Lipinski definition) is 2. The van der Waals surface area contributed by atoms with Crippen LogP contribution in [0.2, 0.25) is 0 Å². The summed E-state index contributed by atoms with van der Waals surface area (Å²) in [6.45, 7) is 7.62. The molecule has 3 heterocycles. The lowest BCUT2D eigenvalue weighted by molar-refractivity contribution is -0.136. The van der Waals surface area contributed by atoms with Gasteiger partial charge in [-0.05, 0) is 56.8 Å². The number of rotatable bonds is 12. The van der Waals surface area contributed by atoms with Crippen molar-refractivity contribution in [3.05, 3.63) is 29.3 Å². The Morgan fingerprint density at radius 2 is 1.51 bits per heavy atom. The highest BCUT2D eigenvalue weighted by Gasteiger charge is 2.45.